The SMILES string of the molecule is CCOc1ccc(NC(=O)c2ccc(CNS(=O)(=O)c3ccc(F)c(Cl)c3)cc2)cc1OC. The summed E-state index contributed by atoms with van der Waals surface area (Å²) in [6.07, 6.45) is 0. The van der Waals surface area contributed by atoms with Gasteiger partial charge in [0.05, 0.1) is 23.6 Å². The minimum atomic E-state index is -3.88. The summed E-state index contributed by atoms with van der Waals surface area (Å²) < 4.78 is 51.2. The Morgan fingerprint density at radius 1 is 1.03 bits per heavy atom. The number of sulfonamides is 1. The van der Waals surface area contributed by atoms with Crippen LogP contribution in [-0.4, -0.2) is 28.0 Å². The number of hydrogen-bond donors (Lipinski definition) is 2. The Balaban J connectivity index is 1.64. The molecule has 0 unspecified atom stereocenters. The van der Waals surface area contributed by atoms with E-state index in [4.69, 9.17) is 21.1 Å². The third kappa shape index (κ3) is 6.22. The number of benzene rings is 3. The summed E-state index contributed by atoms with van der Waals surface area (Å²) in [6, 6.07) is 14.7. The molecule has 0 fully saturated rings. The van der Waals surface area contributed by atoms with Gasteiger partial charge in [-0.2, -0.15) is 0 Å². The van der Waals surface area contributed by atoms with Crippen LogP contribution in [0.5, 0.6) is 11.5 Å². The fourth-order valence-corrected chi connectivity index (χ4v) is 4.19. The highest BCUT2D eigenvalue weighted by Crippen LogP contribution is 2.30. The van der Waals surface area contributed by atoms with Gasteiger partial charge in [-0.05, 0) is 55.0 Å². The largest absolute Gasteiger partial charge is 0.493 e. The fraction of sp³-hybridized carbons (Fsp3) is 0.174. The molecule has 33 heavy (non-hydrogen) atoms. The zero-order chi connectivity index (χ0) is 24.0. The second-order valence-corrected chi connectivity index (χ2v) is 9.02. The van der Waals surface area contributed by atoms with E-state index < -0.39 is 15.8 Å². The summed E-state index contributed by atoms with van der Waals surface area (Å²) in [7, 11) is -2.37. The molecule has 0 aliphatic heterocycles. The van der Waals surface area contributed by atoms with Crippen molar-refractivity contribution in [2.24, 2.45) is 0 Å². The van der Waals surface area contributed by atoms with Crippen LogP contribution in [0.1, 0.15) is 22.8 Å². The lowest BCUT2D eigenvalue weighted by atomic mass is 10.1. The molecule has 0 saturated carbocycles. The third-order valence-corrected chi connectivity index (χ3v) is 6.29. The number of rotatable bonds is 9. The molecule has 0 saturated heterocycles. The van der Waals surface area contributed by atoms with E-state index in [0.29, 0.717) is 34.9 Å². The van der Waals surface area contributed by atoms with Crippen LogP contribution in [0.3, 0.4) is 0 Å². The van der Waals surface area contributed by atoms with Crippen molar-refractivity contribution in [3.8, 4) is 11.5 Å². The number of halogens is 2. The van der Waals surface area contributed by atoms with E-state index in [1.54, 1.807) is 42.5 Å². The minimum Gasteiger partial charge on any atom is -0.493 e. The lowest BCUT2D eigenvalue weighted by molar-refractivity contribution is 0.102. The Bertz CT molecular complexity index is 1250. The van der Waals surface area contributed by atoms with E-state index in [1.165, 1.54) is 7.11 Å². The van der Waals surface area contributed by atoms with Crippen LogP contribution in [-0.2, 0) is 16.6 Å². The third-order valence-electron chi connectivity index (χ3n) is 4.61. The molecule has 3 aromatic carbocycles. The molecule has 10 heteroatoms. The predicted molar refractivity (Wildman–Crippen MR) is 124 cm³/mol. The predicted octanol–water partition coefficient (Wildman–Crippen LogP) is 4.62. The molecular formula is C23H22ClFN2O5S. The molecule has 3 aromatic rings. The van der Waals surface area contributed by atoms with Crippen molar-refractivity contribution in [2.45, 2.75) is 18.4 Å². The second-order valence-electron chi connectivity index (χ2n) is 6.85. The molecule has 1 amide bonds. The Hall–Kier alpha value is -3.14. The highest BCUT2D eigenvalue weighted by molar-refractivity contribution is 7.89. The summed E-state index contributed by atoms with van der Waals surface area (Å²) in [4.78, 5) is 12.4. The smallest absolute Gasteiger partial charge is 0.255 e. The fourth-order valence-electron chi connectivity index (χ4n) is 2.90. The maximum Gasteiger partial charge on any atom is 0.255 e. The summed E-state index contributed by atoms with van der Waals surface area (Å²) in [6.45, 7) is 2.33. The van der Waals surface area contributed by atoms with E-state index >= 15 is 0 Å². The second kappa shape index (κ2) is 10.7. The van der Waals surface area contributed by atoms with Crippen molar-refractivity contribution in [2.75, 3.05) is 19.0 Å². The summed E-state index contributed by atoms with van der Waals surface area (Å²) in [5.41, 5.74) is 1.56. The highest BCUT2D eigenvalue weighted by Gasteiger charge is 2.16. The van der Waals surface area contributed by atoms with Crippen LogP contribution in [0.2, 0.25) is 5.02 Å². The Morgan fingerprint density at radius 2 is 1.76 bits per heavy atom. The van der Waals surface area contributed by atoms with Crippen molar-refractivity contribution >= 4 is 33.2 Å². The molecule has 0 aliphatic rings. The van der Waals surface area contributed by atoms with Crippen molar-refractivity contribution in [3.63, 3.8) is 0 Å². The molecule has 0 heterocycles. The monoisotopic (exact) mass is 492 g/mol. The number of anilines is 1. The van der Waals surface area contributed by atoms with Crippen LogP contribution < -0.4 is 19.5 Å². The first-order chi connectivity index (χ1) is 15.7. The van der Waals surface area contributed by atoms with Crippen molar-refractivity contribution in [1.82, 2.24) is 4.72 Å². The van der Waals surface area contributed by atoms with Crippen LogP contribution in [0.15, 0.2) is 65.6 Å². The number of carbonyl (C=O) groups excluding carboxylic acids is 1. The number of methoxy groups -OCH3 is 1. The van der Waals surface area contributed by atoms with Crippen LogP contribution >= 0.6 is 11.6 Å². The number of hydrogen-bond acceptors (Lipinski definition) is 5. The van der Waals surface area contributed by atoms with Crippen molar-refractivity contribution < 1.29 is 27.1 Å². The normalized spacial score (nSPS) is 11.2. The van der Waals surface area contributed by atoms with E-state index in [9.17, 15) is 17.6 Å². The van der Waals surface area contributed by atoms with Crippen LogP contribution in [0.4, 0.5) is 10.1 Å². The number of nitrogens with one attached hydrogen (secondary N) is 2. The molecule has 2 N–H and O–H groups in total. The standard InChI is InChI=1S/C23H22ClFN2O5S/c1-3-32-21-11-8-17(12-22(21)31-2)27-23(28)16-6-4-15(5-7-16)14-26-33(29,30)18-9-10-20(25)19(24)13-18/h4-13,26H,3,14H2,1-2H3,(H,27,28). The molecule has 0 atom stereocenters. The summed E-state index contributed by atoms with van der Waals surface area (Å²) >= 11 is 5.66. The van der Waals surface area contributed by atoms with E-state index in [-0.39, 0.29) is 22.4 Å². The quantitative estimate of drug-likeness (QED) is 0.454. The number of amides is 1. The van der Waals surface area contributed by atoms with Gasteiger partial charge in [-0.25, -0.2) is 17.5 Å². The molecule has 0 aliphatic carbocycles. The summed E-state index contributed by atoms with van der Waals surface area (Å²) in [5.74, 6) is 0.0369. The molecule has 0 bridgehead atoms. The molecule has 0 aromatic heterocycles. The highest BCUT2D eigenvalue weighted by atomic mass is 35.5. The van der Waals surface area contributed by atoms with Crippen LogP contribution in [0.25, 0.3) is 0 Å². The summed E-state index contributed by atoms with van der Waals surface area (Å²) in [5, 5.41) is 2.50. The number of ether oxygens (including phenoxy) is 2. The Labute approximate surface area is 196 Å². The van der Waals surface area contributed by atoms with Gasteiger partial charge in [0.25, 0.3) is 5.91 Å². The zero-order valence-corrected chi connectivity index (χ0v) is 19.5. The van der Waals surface area contributed by atoms with Crippen molar-refractivity contribution in [1.29, 1.82) is 0 Å². The molecule has 3 rings (SSSR count). The van der Waals surface area contributed by atoms with Gasteiger partial charge >= 0.3 is 0 Å². The topological polar surface area (TPSA) is 93.7 Å². The van der Waals surface area contributed by atoms with Gasteiger partial charge in [0.15, 0.2) is 11.5 Å². The number of carbonyl (C=O) groups is 1. The van der Waals surface area contributed by atoms with Gasteiger partial charge < -0.3 is 14.8 Å². The van der Waals surface area contributed by atoms with E-state index in [0.717, 1.165) is 18.2 Å². The minimum absolute atomic E-state index is 0.0185. The van der Waals surface area contributed by atoms with Crippen LogP contribution in [0, 0.1) is 5.82 Å². The van der Waals surface area contributed by atoms with E-state index in [1.807, 2.05) is 6.92 Å². The Morgan fingerprint density at radius 3 is 2.39 bits per heavy atom. The zero-order valence-electron chi connectivity index (χ0n) is 17.9. The first-order valence-corrected chi connectivity index (χ1v) is 11.8. The van der Waals surface area contributed by atoms with Gasteiger partial charge in [0, 0.05) is 23.9 Å². The molecule has 7 nitrogen and oxygen atoms in total. The lowest BCUT2D eigenvalue weighted by Gasteiger charge is -2.12. The molecule has 0 radical (unpaired) electrons. The average Bonchev–Trinajstić information content (AvgIpc) is 2.81. The first kappa shape index (κ1) is 24.5. The van der Waals surface area contributed by atoms with Gasteiger partial charge in [0.1, 0.15) is 5.82 Å². The lowest BCUT2D eigenvalue weighted by Crippen LogP contribution is -2.23. The first-order valence-electron chi connectivity index (χ1n) is 9.89. The van der Waals surface area contributed by atoms with Crippen molar-refractivity contribution in [3.05, 3.63) is 82.6 Å². The van der Waals surface area contributed by atoms with Gasteiger partial charge in [-0.15, -0.1) is 0 Å². The molecule has 0 spiro atoms. The maximum absolute atomic E-state index is 13.3. The average molecular weight is 493 g/mol. The van der Waals surface area contributed by atoms with Gasteiger partial charge in [-0.1, -0.05) is 23.7 Å². The maximum atomic E-state index is 13.3. The Kier molecular flexibility index (Phi) is 7.91. The van der Waals surface area contributed by atoms with Gasteiger partial charge in [-0.3, -0.25) is 4.79 Å². The van der Waals surface area contributed by atoms with E-state index in [2.05, 4.69) is 10.0 Å². The molecule has 174 valence electrons. The van der Waals surface area contributed by atoms with Gasteiger partial charge in [0.2, 0.25) is 10.0 Å². The molecular weight excluding hydrogens is 471 g/mol.